The summed E-state index contributed by atoms with van der Waals surface area (Å²) in [5.41, 5.74) is 0.503. The molecule has 6 nitrogen and oxygen atoms in total. The van der Waals surface area contributed by atoms with Crippen LogP contribution in [0.25, 0.3) is 10.9 Å². The van der Waals surface area contributed by atoms with Crippen LogP contribution in [0, 0.1) is 11.2 Å². The molecule has 3 aliphatic heterocycles. The van der Waals surface area contributed by atoms with Crippen molar-refractivity contribution >= 4 is 34.3 Å². The molecule has 2 atom stereocenters. The molecule has 2 unspecified atom stereocenters. The standard InChI is InChI=1S/C20H22FN3O3S/c1-11-8-28-18-16(19(26)27)17(25)12-6-13(21)15(7-14(12)24(11)18)23-5-3-20(10-23)2-4-22-9-20/h6-7,11,22H,2-5,8-10H2,1H3,(H,26,27). The van der Waals surface area contributed by atoms with Crippen molar-refractivity contribution in [2.45, 2.75) is 30.8 Å². The number of pyridine rings is 1. The summed E-state index contributed by atoms with van der Waals surface area (Å²) < 4.78 is 17.0. The van der Waals surface area contributed by atoms with Crippen LogP contribution in [0.4, 0.5) is 10.1 Å². The van der Waals surface area contributed by atoms with Gasteiger partial charge in [-0.2, -0.15) is 0 Å². The van der Waals surface area contributed by atoms with Crippen molar-refractivity contribution in [1.29, 1.82) is 0 Å². The zero-order chi connectivity index (χ0) is 19.6. The van der Waals surface area contributed by atoms with Gasteiger partial charge in [0.05, 0.1) is 16.2 Å². The fourth-order valence-corrected chi connectivity index (χ4v) is 6.25. The molecule has 0 radical (unpaired) electrons. The van der Waals surface area contributed by atoms with E-state index < -0.39 is 17.2 Å². The molecule has 2 fully saturated rings. The first-order chi connectivity index (χ1) is 13.4. The topological polar surface area (TPSA) is 74.6 Å². The minimum atomic E-state index is -1.25. The fourth-order valence-electron chi connectivity index (χ4n) is 4.96. The third kappa shape index (κ3) is 2.50. The Labute approximate surface area is 165 Å². The van der Waals surface area contributed by atoms with Gasteiger partial charge < -0.3 is 19.9 Å². The highest BCUT2D eigenvalue weighted by Crippen LogP contribution is 2.42. The highest BCUT2D eigenvalue weighted by molar-refractivity contribution is 7.99. The molecule has 1 aromatic carbocycles. The number of thioether (sulfide) groups is 1. The summed E-state index contributed by atoms with van der Waals surface area (Å²) in [6, 6.07) is 3.04. The zero-order valence-corrected chi connectivity index (χ0v) is 16.4. The van der Waals surface area contributed by atoms with Gasteiger partial charge in [0, 0.05) is 42.2 Å². The summed E-state index contributed by atoms with van der Waals surface area (Å²) in [6.45, 7) is 5.56. The van der Waals surface area contributed by atoms with Gasteiger partial charge in [-0.25, -0.2) is 9.18 Å². The molecule has 148 valence electrons. The number of aromatic carboxylic acids is 1. The van der Waals surface area contributed by atoms with Gasteiger partial charge in [0.15, 0.2) is 0 Å². The Kier molecular flexibility index (Phi) is 4.00. The van der Waals surface area contributed by atoms with Gasteiger partial charge in [-0.3, -0.25) is 4.79 Å². The van der Waals surface area contributed by atoms with Crippen LogP contribution < -0.4 is 15.6 Å². The summed E-state index contributed by atoms with van der Waals surface area (Å²) in [5, 5.41) is 13.6. The van der Waals surface area contributed by atoms with E-state index in [9.17, 15) is 14.7 Å². The smallest absolute Gasteiger partial charge is 0.342 e. The van der Waals surface area contributed by atoms with E-state index in [0.717, 1.165) is 39.0 Å². The van der Waals surface area contributed by atoms with Crippen LogP contribution in [0.2, 0.25) is 0 Å². The van der Waals surface area contributed by atoms with Gasteiger partial charge in [-0.15, -0.1) is 11.8 Å². The van der Waals surface area contributed by atoms with Crippen LogP contribution in [0.1, 0.15) is 36.2 Å². The number of carboxylic acids is 1. The lowest BCUT2D eigenvalue weighted by atomic mass is 9.86. The predicted octanol–water partition coefficient (Wildman–Crippen LogP) is 2.70. The van der Waals surface area contributed by atoms with Gasteiger partial charge in [0.1, 0.15) is 11.4 Å². The maximum absolute atomic E-state index is 15.1. The van der Waals surface area contributed by atoms with Gasteiger partial charge in [0.25, 0.3) is 0 Å². The van der Waals surface area contributed by atoms with Gasteiger partial charge in [-0.1, -0.05) is 0 Å². The number of nitrogens with one attached hydrogen (secondary N) is 1. The Morgan fingerprint density at radius 3 is 2.93 bits per heavy atom. The number of benzene rings is 1. The van der Waals surface area contributed by atoms with E-state index >= 15 is 4.39 Å². The first-order valence-corrected chi connectivity index (χ1v) is 10.6. The van der Waals surface area contributed by atoms with Crippen LogP contribution in [0.5, 0.6) is 0 Å². The van der Waals surface area contributed by atoms with Crippen LogP contribution in [-0.2, 0) is 0 Å². The summed E-state index contributed by atoms with van der Waals surface area (Å²) in [7, 11) is 0. The molecular formula is C20H22FN3O3S. The maximum Gasteiger partial charge on any atom is 0.342 e. The lowest BCUT2D eigenvalue weighted by molar-refractivity contribution is 0.0690. The third-order valence-electron chi connectivity index (χ3n) is 6.46. The highest BCUT2D eigenvalue weighted by atomic mass is 32.2. The number of carboxylic acid groups (broad SMARTS) is 1. The number of rotatable bonds is 2. The van der Waals surface area contributed by atoms with Crippen LogP contribution in [0.15, 0.2) is 22.0 Å². The van der Waals surface area contributed by atoms with E-state index in [-0.39, 0.29) is 22.4 Å². The lowest BCUT2D eigenvalue weighted by Gasteiger charge is -2.25. The molecule has 4 heterocycles. The first-order valence-electron chi connectivity index (χ1n) is 9.64. The number of fused-ring (bicyclic) bond motifs is 3. The monoisotopic (exact) mass is 403 g/mol. The summed E-state index contributed by atoms with van der Waals surface area (Å²) >= 11 is 1.38. The second-order valence-corrected chi connectivity index (χ2v) is 9.27. The SMILES string of the molecule is CC1CSc2c(C(=O)O)c(=O)c3cc(F)c(N4CCC5(CCNC5)C4)cc3n21. The van der Waals surface area contributed by atoms with Gasteiger partial charge >= 0.3 is 5.97 Å². The minimum absolute atomic E-state index is 0.0449. The van der Waals surface area contributed by atoms with Crippen molar-refractivity contribution in [2.24, 2.45) is 5.41 Å². The number of aromatic nitrogens is 1. The van der Waals surface area contributed by atoms with Crippen LogP contribution in [-0.4, -0.2) is 47.6 Å². The zero-order valence-electron chi connectivity index (χ0n) is 15.6. The molecule has 0 saturated carbocycles. The minimum Gasteiger partial charge on any atom is -0.477 e. The molecule has 2 saturated heterocycles. The Bertz CT molecular complexity index is 1060. The summed E-state index contributed by atoms with van der Waals surface area (Å²) in [4.78, 5) is 26.6. The van der Waals surface area contributed by atoms with Crippen LogP contribution >= 0.6 is 11.8 Å². The normalized spacial score (nSPS) is 26.5. The van der Waals surface area contributed by atoms with Crippen molar-refractivity contribution in [2.75, 3.05) is 36.8 Å². The largest absolute Gasteiger partial charge is 0.477 e. The Morgan fingerprint density at radius 1 is 1.39 bits per heavy atom. The molecular weight excluding hydrogens is 381 g/mol. The Balaban J connectivity index is 1.69. The third-order valence-corrected chi connectivity index (χ3v) is 7.78. The molecule has 0 amide bonds. The number of hydrogen-bond donors (Lipinski definition) is 2. The van der Waals surface area contributed by atoms with E-state index in [1.54, 1.807) is 6.07 Å². The lowest BCUT2D eigenvalue weighted by Crippen LogP contribution is -2.29. The number of anilines is 1. The molecule has 5 rings (SSSR count). The molecule has 1 aromatic heterocycles. The molecule has 0 aliphatic carbocycles. The van der Waals surface area contributed by atoms with E-state index in [4.69, 9.17) is 0 Å². The maximum atomic E-state index is 15.1. The molecule has 8 heteroatoms. The number of nitrogens with zero attached hydrogens (tertiary/aromatic N) is 2. The molecule has 1 spiro atoms. The van der Waals surface area contributed by atoms with Crippen molar-refractivity contribution in [3.63, 3.8) is 0 Å². The summed E-state index contributed by atoms with van der Waals surface area (Å²) in [5.74, 6) is -1.01. The molecule has 28 heavy (non-hydrogen) atoms. The molecule has 2 N–H and O–H groups in total. The number of carbonyl (C=O) groups is 1. The predicted molar refractivity (Wildman–Crippen MR) is 107 cm³/mol. The van der Waals surface area contributed by atoms with E-state index in [1.165, 1.54) is 17.8 Å². The first kappa shape index (κ1) is 18.0. The van der Waals surface area contributed by atoms with Crippen molar-refractivity contribution in [3.8, 4) is 0 Å². The molecule has 3 aliphatic rings. The van der Waals surface area contributed by atoms with Crippen molar-refractivity contribution in [1.82, 2.24) is 9.88 Å². The number of hydrogen-bond acceptors (Lipinski definition) is 5. The van der Waals surface area contributed by atoms with Crippen LogP contribution in [0.3, 0.4) is 0 Å². The van der Waals surface area contributed by atoms with Gasteiger partial charge in [0.2, 0.25) is 5.43 Å². The second kappa shape index (κ2) is 6.22. The number of halogens is 1. The van der Waals surface area contributed by atoms with E-state index in [0.29, 0.717) is 22.0 Å². The van der Waals surface area contributed by atoms with E-state index in [1.807, 2.05) is 11.5 Å². The average molecular weight is 403 g/mol. The Hall–Kier alpha value is -2.06. The highest BCUT2D eigenvalue weighted by Gasteiger charge is 2.41. The quantitative estimate of drug-likeness (QED) is 0.803. The van der Waals surface area contributed by atoms with Gasteiger partial charge in [-0.05, 0) is 38.4 Å². The summed E-state index contributed by atoms with van der Waals surface area (Å²) in [6.07, 6.45) is 2.13. The molecule has 2 aromatic rings. The van der Waals surface area contributed by atoms with E-state index in [2.05, 4.69) is 10.2 Å². The second-order valence-electron chi connectivity index (χ2n) is 8.26. The Morgan fingerprint density at radius 2 is 2.21 bits per heavy atom. The van der Waals surface area contributed by atoms with Crippen molar-refractivity contribution < 1.29 is 14.3 Å². The average Bonchev–Trinajstić information content (AvgIpc) is 3.37. The molecule has 0 bridgehead atoms. The van der Waals surface area contributed by atoms with Crippen molar-refractivity contribution in [3.05, 3.63) is 33.7 Å². The fraction of sp³-hybridized carbons (Fsp3) is 0.500.